The molecular formula is C22H25NO3. The third-order valence-corrected chi connectivity index (χ3v) is 4.93. The highest BCUT2D eigenvalue weighted by Crippen LogP contribution is 2.26. The average molecular weight is 351 g/mol. The second-order valence-corrected chi connectivity index (χ2v) is 6.73. The number of benzene rings is 2. The maximum Gasteiger partial charge on any atom is 0.168 e. The lowest BCUT2D eigenvalue weighted by molar-refractivity contribution is -0.115. The highest BCUT2D eigenvalue weighted by Gasteiger charge is 2.26. The fourth-order valence-corrected chi connectivity index (χ4v) is 3.46. The molecule has 1 aliphatic carbocycles. The molecule has 2 aromatic carbocycles. The van der Waals surface area contributed by atoms with Gasteiger partial charge in [0.05, 0.1) is 23.9 Å². The average Bonchev–Trinajstić information content (AvgIpc) is 2.66. The monoisotopic (exact) mass is 351 g/mol. The van der Waals surface area contributed by atoms with E-state index >= 15 is 0 Å². The van der Waals surface area contributed by atoms with E-state index in [2.05, 4.69) is 23.2 Å². The summed E-state index contributed by atoms with van der Waals surface area (Å²) < 4.78 is 0. The second kappa shape index (κ2) is 8.28. The van der Waals surface area contributed by atoms with Crippen LogP contribution < -0.4 is 0 Å². The van der Waals surface area contributed by atoms with Crippen molar-refractivity contribution in [1.29, 1.82) is 0 Å². The van der Waals surface area contributed by atoms with Crippen molar-refractivity contribution in [2.45, 2.75) is 45.1 Å². The van der Waals surface area contributed by atoms with E-state index in [0.717, 1.165) is 16.3 Å². The van der Waals surface area contributed by atoms with Crippen LogP contribution in [0.25, 0.3) is 10.8 Å². The number of aliphatic imine (C=N–C) groups is 1. The van der Waals surface area contributed by atoms with Gasteiger partial charge in [0.1, 0.15) is 5.76 Å². The Morgan fingerprint density at radius 1 is 1.15 bits per heavy atom. The van der Waals surface area contributed by atoms with Crippen molar-refractivity contribution in [3.05, 3.63) is 59.4 Å². The normalized spacial score (nSPS) is 17.0. The molecule has 2 aromatic rings. The molecule has 136 valence electrons. The van der Waals surface area contributed by atoms with Crippen LogP contribution in [0.1, 0.15) is 38.2 Å². The van der Waals surface area contributed by atoms with Crippen LogP contribution >= 0.6 is 0 Å². The number of aliphatic hydroxyl groups is 2. The first-order valence-electron chi connectivity index (χ1n) is 9.23. The highest BCUT2D eigenvalue weighted by atomic mass is 16.3. The van der Waals surface area contributed by atoms with E-state index in [9.17, 15) is 15.0 Å². The summed E-state index contributed by atoms with van der Waals surface area (Å²) in [6, 6.07) is 13.9. The summed E-state index contributed by atoms with van der Waals surface area (Å²) in [5, 5.41) is 22.2. The summed E-state index contributed by atoms with van der Waals surface area (Å²) >= 11 is 0. The standard InChI is InChI=1S/C22H25NO3/c1-2-17(14-24)23-19(22-20(25)11-6-12-21(22)26)13-16-9-5-8-15-7-3-4-10-18(15)16/h3-5,7-10,17,24-25H,2,6,11-14H2,1H3. The molecule has 1 atom stereocenters. The van der Waals surface area contributed by atoms with E-state index in [1.807, 2.05) is 31.2 Å². The Bertz CT molecular complexity index is 857. The van der Waals surface area contributed by atoms with Gasteiger partial charge in [-0.2, -0.15) is 0 Å². The van der Waals surface area contributed by atoms with Crippen molar-refractivity contribution in [2.24, 2.45) is 4.99 Å². The van der Waals surface area contributed by atoms with Gasteiger partial charge >= 0.3 is 0 Å². The molecule has 1 aliphatic rings. The van der Waals surface area contributed by atoms with Crippen LogP contribution in [0.15, 0.2) is 58.8 Å². The van der Waals surface area contributed by atoms with Crippen molar-refractivity contribution < 1.29 is 15.0 Å². The number of carbonyl (C=O) groups is 1. The number of allylic oxidation sites excluding steroid dienone is 2. The first-order valence-corrected chi connectivity index (χ1v) is 9.23. The number of hydrogen-bond donors (Lipinski definition) is 2. The lowest BCUT2D eigenvalue weighted by Crippen LogP contribution is -2.24. The predicted octanol–water partition coefficient (Wildman–Crippen LogP) is 4.16. The summed E-state index contributed by atoms with van der Waals surface area (Å²) in [7, 11) is 0. The third kappa shape index (κ3) is 3.86. The van der Waals surface area contributed by atoms with E-state index in [-0.39, 0.29) is 24.2 Å². The van der Waals surface area contributed by atoms with Crippen molar-refractivity contribution in [3.8, 4) is 0 Å². The SMILES string of the molecule is CCC(CO)N=C(Cc1cccc2ccccc12)C1=C(O)CCCC1=O. The van der Waals surface area contributed by atoms with Crippen LogP contribution in [0.4, 0.5) is 0 Å². The van der Waals surface area contributed by atoms with E-state index in [4.69, 9.17) is 0 Å². The zero-order valence-corrected chi connectivity index (χ0v) is 15.1. The van der Waals surface area contributed by atoms with Crippen molar-refractivity contribution in [2.75, 3.05) is 6.61 Å². The Hall–Kier alpha value is -2.46. The molecule has 0 heterocycles. The summed E-state index contributed by atoms with van der Waals surface area (Å²) in [5.41, 5.74) is 2.01. The quantitative estimate of drug-likeness (QED) is 0.768. The van der Waals surface area contributed by atoms with E-state index < -0.39 is 0 Å². The second-order valence-electron chi connectivity index (χ2n) is 6.73. The molecule has 0 radical (unpaired) electrons. The molecule has 0 saturated carbocycles. The zero-order valence-electron chi connectivity index (χ0n) is 15.1. The van der Waals surface area contributed by atoms with Gasteiger partial charge in [-0.05, 0) is 29.2 Å². The predicted molar refractivity (Wildman–Crippen MR) is 105 cm³/mol. The van der Waals surface area contributed by atoms with Crippen molar-refractivity contribution in [1.82, 2.24) is 0 Å². The van der Waals surface area contributed by atoms with E-state index in [1.54, 1.807) is 0 Å². The van der Waals surface area contributed by atoms with Crippen LogP contribution in [0.3, 0.4) is 0 Å². The summed E-state index contributed by atoms with van der Waals surface area (Å²) in [4.78, 5) is 17.2. The van der Waals surface area contributed by atoms with Gasteiger partial charge in [-0.1, -0.05) is 49.4 Å². The minimum Gasteiger partial charge on any atom is -0.511 e. The molecule has 3 rings (SSSR count). The lowest BCUT2D eigenvalue weighted by atomic mass is 9.89. The van der Waals surface area contributed by atoms with Gasteiger partial charge in [0.15, 0.2) is 5.78 Å². The Labute approximate surface area is 153 Å². The number of fused-ring (bicyclic) bond motifs is 1. The molecule has 0 bridgehead atoms. The fourth-order valence-electron chi connectivity index (χ4n) is 3.46. The molecule has 0 amide bonds. The van der Waals surface area contributed by atoms with Gasteiger partial charge in [-0.25, -0.2) is 0 Å². The minimum atomic E-state index is -0.269. The number of carbonyl (C=O) groups excluding carboxylic acids is 1. The zero-order chi connectivity index (χ0) is 18.5. The largest absolute Gasteiger partial charge is 0.511 e. The van der Waals surface area contributed by atoms with Gasteiger partial charge in [0, 0.05) is 19.3 Å². The molecule has 4 nitrogen and oxygen atoms in total. The Morgan fingerprint density at radius 2 is 1.92 bits per heavy atom. The molecule has 0 aliphatic heterocycles. The molecule has 1 unspecified atom stereocenters. The number of Topliss-reactive ketones (excluding diaryl/α,β-unsaturated/α-hetero) is 1. The highest BCUT2D eigenvalue weighted by molar-refractivity contribution is 6.24. The Balaban J connectivity index is 2.08. The number of rotatable bonds is 6. The maximum atomic E-state index is 12.5. The lowest BCUT2D eigenvalue weighted by Gasteiger charge is -2.19. The van der Waals surface area contributed by atoms with Crippen LogP contribution in [-0.2, 0) is 11.2 Å². The smallest absolute Gasteiger partial charge is 0.168 e. The maximum absolute atomic E-state index is 12.5. The number of aliphatic hydroxyl groups excluding tert-OH is 2. The molecule has 2 N–H and O–H groups in total. The molecule has 0 aromatic heterocycles. The van der Waals surface area contributed by atoms with Gasteiger partial charge in [0.2, 0.25) is 0 Å². The minimum absolute atomic E-state index is 0.0551. The number of hydrogen-bond acceptors (Lipinski definition) is 4. The molecular weight excluding hydrogens is 326 g/mol. The van der Waals surface area contributed by atoms with Crippen LogP contribution in [0, 0.1) is 0 Å². The van der Waals surface area contributed by atoms with Gasteiger partial charge < -0.3 is 10.2 Å². The first-order chi connectivity index (χ1) is 12.6. The molecule has 0 saturated heterocycles. The van der Waals surface area contributed by atoms with Gasteiger partial charge in [-0.3, -0.25) is 9.79 Å². The topological polar surface area (TPSA) is 69.9 Å². The molecule has 4 heteroatoms. The van der Waals surface area contributed by atoms with Crippen molar-refractivity contribution >= 4 is 22.3 Å². The fraction of sp³-hybridized carbons (Fsp3) is 0.364. The van der Waals surface area contributed by atoms with Gasteiger partial charge in [0.25, 0.3) is 0 Å². The van der Waals surface area contributed by atoms with E-state index in [1.165, 1.54) is 0 Å². The first kappa shape index (κ1) is 18.3. The Kier molecular flexibility index (Phi) is 5.84. The molecule has 0 fully saturated rings. The molecule has 26 heavy (non-hydrogen) atoms. The van der Waals surface area contributed by atoms with Gasteiger partial charge in [-0.15, -0.1) is 0 Å². The summed E-state index contributed by atoms with van der Waals surface area (Å²) in [6.07, 6.45) is 2.75. The summed E-state index contributed by atoms with van der Waals surface area (Å²) in [5.74, 6) is 0.0774. The third-order valence-electron chi connectivity index (χ3n) is 4.93. The Morgan fingerprint density at radius 3 is 2.65 bits per heavy atom. The van der Waals surface area contributed by atoms with E-state index in [0.29, 0.717) is 43.4 Å². The number of ketones is 1. The summed E-state index contributed by atoms with van der Waals surface area (Å²) in [6.45, 7) is 1.88. The van der Waals surface area contributed by atoms with Crippen LogP contribution in [0.5, 0.6) is 0 Å². The number of nitrogens with zero attached hydrogens (tertiary/aromatic N) is 1. The van der Waals surface area contributed by atoms with Crippen LogP contribution in [0.2, 0.25) is 0 Å². The van der Waals surface area contributed by atoms with Crippen molar-refractivity contribution in [3.63, 3.8) is 0 Å². The van der Waals surface area contributed by atoms with Crippen LogP contribution in [-0.4, -0.2) is 34.4 Å². The molecule has 0 spiro atoms.